The van der Waals surface area contributed by atoms with Crippen molar-refractivity contribution in [3.63, 3.8) is 0 Å². The lowest BCUT2D eigenvalue weighted by Gasteiger charge is -2.30. The van der Waals surface area contributed by atoms with E-state index in [1.54, 1.807) is 43.4 Å². The number of ketones is 1. The average Bonchev–Trinajstić information content (AvgIpc) is 2.33. The summed E-state index contributed by atoms with van der Waals surface area (Å²) in [5.41, 5.74) is -0.222. The van der Waals surface area contributed by atoms with E-state index in [2.05, 4.69) is 0 Å². The molecule has 0 amide bonds. The Labute approximate surface area is 94.9 Å². The molecule has 0 saturated carbocycles. The first-order valence-corrected chi connectivity index (χ1v) is 5.28. The minimum atomic E-state index is -0.851. The van der Waals surface area contributed by atoms with E-state index in [0.29, 0.717) is 5.56 Å². The Balaban J connectivity index is 2.35. The van der Waals surface area contributed by atoms with Crippen molar-refractivity contribution in [2.24, 2.45) is 5.41 Å². The smallest absolute Gasteiger partial charge is 0.175 e. The zero-order chi connectivity index (χ0) is 11.6. The largest absolute Gasteiger partial charge is 0.388 e. The molecule has 0 aliphatic heterocycles. The first-order chi connectivity index (χ1) is 7.64. The number of aliphatic hydroxyl groups excluding tert-OH is 1. The SMILES string of the molecule is CC1(C(=O)c2ccccc2)C=CC=CC1O. The number of hydrogen-bond acceptors (Lipinski definition) is 2. The highest BCUT2D eigenvalue weighted by molar-refractivity contribution is 6.02. The van der Waals surface area contributed by atoms with Crippen molar-refractivity contribution in [2.75, 3.05) is 0 Å². The van der Waals surface area contributed by atoms with Crippen LogP contribution in [0.25, 0.3) is 0 Å². The highest BCUT2D eigenvalue weighted by Gasteiger charge is 2.38. The third-order valence-corrected chi connectivity index (χ3v) is 2.99. The van der Waals surface area contributed by atoms with Gasteiger partial charge in [-0.3, -0.25) is 4.79 Å². The van der Waals surface area contributed by atoms with Gasteiger partial charge in [-0.2, -0.15) is 0 Å². The highest BCUT2D eigenvalue weighted by atomic mass is 16.3. The first kappa shape index (κ1) is 10.8. The minimum Gasteiger partial charge on any atom is -0.388 e. The molecule has 0 bridgehead atoms. The van der Waals surface area contributed by atoms with E-state index in [1.807, 2.05) is 18.2 Å². The summed E-state index contributed by atoms with van der Waals surface area (Å²) in [5, 5.41) is 9.90. The van der Waals surface area contributed by atoms with Crippen LogP contribution in [0.5, 0.6) is 0 Å². The van der Waals surface area contributed by atoms with Gasteiger partial charge in [0, 0.05) is 5.56 Å². The molecule has 0 radical (unpaired) electrons. The van der Waals surface area contributed by atoms with E-state index in [9.17, 15) is 9.90 Å². The normalized spacial score (nSPS) is 28.0. The van der Waals surface area contributed by atoms with Crippen molar-refractivity contribution in [1.82, 2.24) is 0 Å². The van der Waals surface area contributed by atoms with Crippen molar-refractivity contribution in [2.45, 2.75) is 13.0 Å². The topological polar surface area (TPSA) is 37.3 Å². The molecular formula is C14H14O2. The summed E-state index contributed by atoms with van der Waals surface area (Å²) >= 11 is 0. The van der Waals surface area contributed by atoms with Gasteiger partial charge in [0.05, 0.1) is 11.5 Å². The second-order valence-electron chi connectivity index (χ2n) is 4.17. The third-order valence-electron chi connectivity index (χ3n) is 2.99. The number of carbonyl (C=O) groups is 1. The van der Waals surface area contributed by atoms with E-state index in [4.69, 9.17) is 0 Å². The van der Waals surface area contributed by atoms with Crippen LogP contribution in [-0.2, 0) is 0 Å². The van der Waals surface area contributed by atoms with Crippen LogP contribution in [0, 0.1) is 5.41 Å². The minimum absolute atomic E-state index is 0.0544. The number of rotatable bonds is 2. The second-order valence-corrected chi connectivity index (χ2v) is 4.17. The fraction of sp³-hybridized carbons (Fsp3) is 0.214. The van der Waals surface area contributed by atoms with Crippen LogP contribution in [0.2, 0.25) is 0 Å². The van der Waals surface area contributed by atoms with Crippen molar-refractivity contribution < 1.29 is 9.90 Å². The van der Waals surface area contributed by atoms with Crippen LogP contribution in [0.4, 0.5) is 0 Å². The van der Waals surface area contributed by atoms with E-state index < -0.39 is 11.5 Å². The molecule has 1 aliphatic carbocycles. The van der Waals surface area contributed by atoms with Gasteiger partial charge in [-0.05, 0) is 6.92 Å². The zero-order valence-electron chi connectivity index (χ0n) is 9.13. The number of hydrogen-bond donors (Lipinski definition) is 1. The van der Waals surface area contributed by atoms with Gasteiger partial charge in [-0.15, -0.1) is 0 Å². The highest BCUT2D eigenvalue weighted by Crippen LogP contribution is 2.31. The Morgan fingerprint density at radius 2 is 1.94 bits per heavy atom. The van der Waals surface area contributed by atoms with E-state index >= 15 is 0 Å². The molecule has 2 rings (SSSR count). The summed E-state index contributed by atoms with van der Waals surface area (Å²) in [6, 6.07) is 9.06. The molecule has 0 saturated heterocycles. The van der Waals surface area contributed by atoms with Crippen LogP contribution >= 0.6 is 0 Å². The predicted octanol–water partition coefficient (Wildman–Crippen LogP) is 2.36. The van der Waals surface area contributed by atoms with Crippen LogP contribution in [-0.4, -0.2) is 17.0 Å². The summed E-state index contributed by atoms with van der Waals surface area (Å²) in [4.78, 5) is 12.3. The van der Waals surface area contributed by atoms with E-state index in [1.165, 1.54) is 0 Å². The monoisotopic (exact) mass is 214 g/mol. The fourth-order valence-corrected chi connectivity index (χ4v) is 1.83. The molecule has 1 aromatic rings. The van der Waals surface area contributed by atoms with E-state index in [-0.39, 0.29) is 5.78 Å². The van der Waals surface area contributed by atoms with Crippen LogP contribution in [0.15, 0.2) is 54.6 Å². The third kappa shape index (κ3) is 1.72. The quantitative estimate of drug-likeness (QED) is 0.767. The lowest BCUT2D eigenvalue weighted by molar-refractivity contribution is 0.0644. The summed E-state index contributed by atoms with van der Waals surface area (Å²) in [6.07, 6.45) is 6.19. The summed E-state index contributed by atoms with van der Waals surface area (Å²) in [6.45, 7) is 1.76. The molecule has 16 heavy (non-hydrogen) atoms. The molecule has 2 unspecified atom stereocenters. The molecule has 0 heterocycles. The molecule has 0 aromatic heterocycles. The van der Waals surface area contributed by atoms with Gasteiger partial charge in [0.15, 0.2) is 5.78 Å². The summed E-state index contributed by atoms with van der Waals surface area (Å²) in [7, 11) is 0. The van der Waals surface area contributed by atoms with Gasteiger partial charge in [0.2, 0.25) is 0 Å². The standard InChI is InChI=1S/C14H14O2/c1-14(10-6-5-9-12(14)15)13(16)11-7-3-2-4-8-11/h2-10,12,15H,1H3. The number of Topliss-reactive ketones (excluding diaryl/α,β-unsaturated/α-hetero) is 1. The Hall–Kier alpha value is -1.67. The number of allylic oxidation sites excluding steroid dienone is 2. The van der Waals surface area contributed by atoms with Crippen LogP contribution < -0.4 is 0 Å². The number of benzene rings is 1. The lowest BCUT2D eigenvalue weighted by Crippen LogP contribution is -2.38. The van der Waals surface area contributed by atoms with Gasteiger partial charge in [-0.1, -0.05) is 54.6 Å². The molecule has 2 nitrogen and oxygen atoms in total. The second kappa shape index (κ2) is 4.06. The summed E-state index contributed by atoms with van der Waals surface area (Å²) < 4.78 is 0. The molecule has 2 atom stereocenters. The zero-order valence-corrected chi connectivity index (χ0v) is 9.13. The Morgan fingerprint density at radius 3 is 2.56 bits per heavy atom. The Bertz CT molecular complexity index is 445. The number of aliphatic hydroxyl groups is 1. The molecule has 2 heteroatoms. The molecule has 0 spiro atoms. The van der Waals surface area contributed by atoms with Gasteiger partial charge in [-0.25, -0.2) is 0 Å². The molecule has 1 aromatic carbocycles. The fourth-order valence-electron chi connectivity index (χ4n) is 1.83. The van der Waals surface area contributed by atoms with Crippen molar-refractivity contribution >= 4 is 5.78 Å². The maximum atomic E-state index is 12.3. The molecule has 0 fully saturated rings. The van der Waals surface area contributed by atoms with Gasteiger partial charge >= 0.3 is 0 Å². The average molecular weight is 214 g/mol. The summed E-state index contributed by atoms with van der Waals surface area (Å²) in [5.74, 6) is -0.0544. The van der Waals surface area contributed by atoms with Gasteiger partial charge < -0.3 is 5.11 Å². The lowest BCUT2D eigenvalue weighted by atomic mass is 9.75. The van der Waals surface area contributed by atoms with Gasteiger partial charge in [0.25, 0.3) is 0 Å². The van der Waals surface area contributed by atoms with Crippen molar-refractivity contribution in [3.8, 4) is 0 Å². The molecule has 1 N–H and O–H groups in total. The first-order valence-electron chi connectivity index (χ1n) is 5.28. The Kier molecular flexibility index (Phi) is 2.75. The maximum absolute atomic E-state index is 12.3. The number of carbonyl (C=O) groups excluding carboxylic acids is 1. The molecule has 82 valence electrons. The Morgan fingerprint density at radius 1 is 1.25 bits per heavy atom. The predicted molar refractivity (Wildman–Crippen MR) is 63.2 cm³/mol. The van der Waals surface area contributed by atoms with Crippen LogP contribution in [0.3, 0.4) is 0 Å². The maximum Gasteiger partial charge on any atom is 0.175 e. The molecular weight excluding hydrogens is 200 g/mol. The van der Waals surface area contributed by atoms with Crippen molar-refractivity contribution in [1.29, 1.82) is 0 Å². The van der Waals surface area contributed by atoms with E-state index in [0.717, 1.165) is 0 Å². The van der Waals surface area contributed by atoms with Crippen molar-refractivity contribution in [3.05, 3.63) is 60.2 Å². The molecule has 1 aliphatic rings. The van der Waals surface area contributed by atoms with Gasteiger partial charge in [0.1, 0.15) is 0 Å². The van der Waals surface area contributed by atoms with Crippen LogP contribution in [0.1, 0.15) is 17.3 Å².